The van der Waals surface area contributed by atoms with E-state index in [9.17, 15) is 0 Å². The summed E-state index contributed by atoms with van der Waals surface area (Å²) in [5, 5.41) is 0. The van der Waals surface area contributed by atoms with E-state index in [1.54, 1.807) is 0 Å². The number of aromatic nitrogens is 1. The maximum absolute atomic E-state index is 5.09. The molecule has 0 bridgehead atoms. The molecule has 1 aromatic heterocycles. The maximum Gasteiger partial charge on any atom is 0.0763 e. The highest BCUT2D eigenvalue weighted by atomic mass is 14.7. The fourth-order valence-corrected chi connectivity index (χ4v) is 1.64. The van der Waals surface area contributed by atoms with Crippen molar-refractivity contribution < 1.29 is 0 Å². The molecule has 1 aliphatic carbocycles. The van der Waals surface area contributed by atoms with E-state index in [-0.39, 0.29) is 0 Å². The van der Waals surface area contributed by atoms with Crippen LogP contribution in [-0.4, -0.2) is 11.2 Å². The molecule has 0 saturated carbocycles. The Kier molecular flexibility index (Phi) is 3.30. The first kappa shape index (κ1) is 10.4. The van der Waals surface area contributed by atoms with Crippen LogP contribution in [0, 0.1) is 12.3 Å². The Bertz CT molecular complexity index is 502. The van der Waals surface area contributed by atoms with Crippen LogP contribution >= 0.6 is 0 Å². The van der Waals surface area contributed by atoms with Crippen molar-refractivity contribution in [2.24, 2.45) is 4.99 Å². The minimum absolute atomic E-state index is 0.969. The van der Waals surface area contributed by atoms with Gasteiger partial charge in [-0.2, -0.15) is 0 Å². The SMILES string of the molecule is C#CC=N/C=C1/C=Cc2ncccc2CC1. The van der Waals surface area contributed by atoms with E-state index in [1.807, 2.05) is 30.6 Å². The van der Waals surface area contributed by atoms with Crippen molar-refractivity contribution in [1.82, 2.24) is 4.98 Å². The van der Waals surface area contributed by atoms with Gasteiger partial charge in [-0.15, -0.1) is 6.42 Å². The van der Waals surface area contributed by atoms with Gasteiger partial charge in [-0.05, 0) is 36.1 Å². The molecule has 2 rings (SSSR count). The first-order valence-corrected chi connectivity index (χ1v) is 5.19. The second-order valence-electron chi connectivity index (χ2n) is 3.53. The normalized spacial score (nSPS) is 17.1. The molecular formula is C14H12N2. The zero-order valence-electron chi connectivity index (χ0n) is 8.93. The molecule has 0 radical (unpaired) electrons. The number of hydrogen-bond acceptors (Lipinski definition) is 2. The number of aryl methyl sites for hydroxylation is 1. The van der Waals surface area contributed by atoms with Gasteiger partial charge in [0.15, 0.2) is 0 Å². The molecule has 0 amide bonds. The third kappa shape index (κ3) is 2.46. The molecule has 0 spiro atoms. The van der Waals surface area contributed by atoms with Crippen LogP contribution < -0.4 is 0 Å². The zero-order chi connectivity index (χ0) is 11.2. The predicted molar refractivity (Wildman–Crippen MR) is 67.0 cm³/mol. The number of nitrogens with zero attached hydrogens (tertiary/aromatic N) is 2. The van der Waals surface area contributed by atoms with Crippen molar-refractivity contribution in [2.45, 2.75) is 12.8 Å². The number of rotatable bonds is 1. The van der Waals surface area contributed by atoms with Gasteiger partial charge >= 0.3 is 0 Å². The van der Waals surface area contributed by atoms with E-state index in [4.69, 9.17) is 6.42 Å². The Hall–Kier alpha value is -2.14. The largest absolute Gasteiger partial charge is 0.257 e. The molecule has 1 aliphatic rings. The highest BCUT2D eigenvalue weighted by Gasteiger charge is 2.05. The number of fused-ring (bicyclic) bond motifs is 1. The third-order valence-corrected chi connectivity index (χ3v) is 2.45. The van der Waals surface area contributed by atoms with Crippen molar-refractivity contribution in [1.29, 1.82) is 0 Å². The van der Waals surface area contributed by atoms with Gasteiger partial charge < -0.3 is 0 Å². The summed E-state index contributed by atoms with van der Waals surface area (Å²) in [5.74, 6) is 2.37. The lowest BCUT2D eigenvalue weighted by molar-refractivity contribution is 0.956. The van der Waals surface area contributed by atoms with Gasteiger partial charge in [0.1, 0.15) is 0 Å². The lowest BCUT2D eigenvalue weighted by Gasteiger charge is -2.00. The quantitative estimate of drug-likeness (QED) is 0.514. The summed E-state index contributed by atoms with van der Waals surface area (Å²) in [5.41, 5.74) is 3.50. The van der Waals surface area contributed by atoms with Crippen LogP contribution in [0.5, 0.6) is 0 Å². The molecule has 2 heteroatoms. The van der Waals surface area contributed by atoms with Gasteiger partial charge in [0, 0.05) is 12.4 Å². The molecule has 16 heavy (non-hydrogen) atoms. The summed E-state index contributed by atoms with van der Waals surface area (Å²) in [6, 6.07) is 4.08. The molecule has 0 N–H and O–H groups in total. The Morgan fingerprint density at radius 3 is 3.19 bits per heavy atom. The van der Waals surface area contributed by atoms with Crippen LogP contribution in [0.25, 0.3) is 6.08 Å². The van der Waals surface area contributed by atoms with E-state index in [2.05, 4.69) is 22.0 Å². The summed E-state index contributed by atoms with van der Waals surface area (Å²) >= 11 is 0. The second kappa shape index (κ2) is 5.09. The molecule has 0 saturated heterocycles. The monoisotopic (exact) mass is 208 g/mol. The Balaban J connectivity index is 2.21. The average molecular weight is 208 g/mol. The van der Waals surface area contributed by atoms with Crippen LogP contribution in [0.3, 0.4) is 0 Å². The van der Waals surface area contributed by atoms with Crippen molar-refractivity contribution >= 4 is 12.3 Å². The van der Waals surface area contributed by atoms with Gasteiger partial charge in [-0.1, -0.05) is 18.1 Å². The summed E-state index contributed by atoms with van der Waals surface area (Å²) in [7, 11) is 0. The van der Waals surface area contributed by atoms with Crippen LogP contribution in [0.15, 0.2) is 41.2 Å². The van der Waals surface area contributed by atoms with Gasteiger partial charge in [-0.3, -0.25) is 9.98 Å². The standard InChI is InChI=1S/C14H12N2/c1-2-9-15-11-12-5-7-13-4-3-10-16-14(13)8-6-12/h1,3-4,6,8-11H,5,7H2/b12-11+,15-9?. The molecule has 0 atom stereocenters. The predicted octanol–water partition coefficient (Wildman–Crippen LogP) is 2.63. The topological polar surface area (TPSA) is 25.2 Å². The number of aliphatic imine (C=N–C) groups is 1. The van der Waals surface area contributed by atoms with E-state index < -0.39 is 0 Å². The van der Waals surface area contributed by atoms with Gasteiger partial charge in [-0.25, -0.2) is 0 Å². The third-order valence-electron chi connectivity index (χ3n) is 2.45. The van der Waals surface area contributed by atoms with Crippen LogP contribution in [0.2, 0.25) is 0 Å². The van der Waals surface area contributed by atoms with E-state index in [0.29, 0.717) is 0 Å². The lowest BCUT2D eigenvalue weighted by atomic mass is 10.1. The van der Waals surface area contributed by atoms with Crippen LogP contribution in [0.1, 0.15) is 17.7 Å². The zero-order valence-corrected chi connectivity index (χ0v) is 8.93. The lowest BCUT2D eigenvalue weighted by Crippen LogP contribution is -1.89. The van der Waals surface area contributed by atoms with Crippen molar-refractivity contribution in [3.63, 3.8) is 0 Å². The molecule has 0 aromatic carbocycles. The summed E-state index contributed by atoms with van der Waals surface area (Å²) in [4.78, 5) is 8.35. The number of hydrogen-bond donors (Lipinski definition) is 0. The van der Waals surface area contributed by atoms with Crippen LogP contribution in [0.4, 0.5) is 0 Å². The molecule has 0 aliphatic heterocycles. The average Bonchev–Trinajstić information content (AvgIpc) is 2.53. The Morgan fingerprint density at radius 2 is 2.31 bits per heavy atom. The molecule has 0 unspecified atom stereocenters. The van der Waals surface area contributed by atoms with E-state index >= 15 is 0 Å². The van der Waals surface area contributed by atoms with Gasteiger partial charge in [0.25, 0.3) is 0 Å². The fraction of sp³-hybridized carbons (Fsp3) is 0.143. The maximum atomic E-state index is 5.09. The fourth-order valence-electron chi connectivity index (χ4n) is 1.64. The summed E-state index contributed by atoms with van der Waals surface area (Å²) in [6.45, 7) is 0. The molecule has 2 nitrogen and oxygen atoms in total. The number of pyridine rings is 1. The number of allylic oxidation sites excluding steroid dienone is 2. The molecule has 1 heterocycles. The van der Waals surface area contributed by atoms with Gasteiger partial charge in [0.05, 0.1) is 11.9 Å². The highest BCUT2D eigenvalue weighted by Crippen LogP contribution is 2.19. The van der Waals surface area contributed by atoms with Gasteiger partial charge in [0.2, 0.25) is 0 Å². The highest BCUT2D eigenvalue weighted by molar-refractivity contribution is 5.77. The van der Waals surface area contributed by atoms with Crippen molar-refractivity contribution in [2.75, 3.05) is 0 Å². The molecule has 1 aromatic rings. The summed E-state index contributed by atoms with van der Waals surface area (Å²) in [6.07, 6.45) is 16.2. The smallest absolute Gasteiger partial charge is 0.0763 e. The van der Waals surface area contributed by atoms with E-state index in [1.165, 1.54) is 17.4 Å². The van der Waals surface area contributed by atoms with Crippen LogP contribution in [-0.2, 0) is 6.42 Å². The van der Waals surface area contributed by atoms with Crippen molar-refractivity contribution in [3.05, 3.63) is 47.4 Å². The van der Waals surface area contributed by atoms with Crippen molar-refractivity contribution in [3.8, 4) is 12.3 Å². The minimum Gasteiger partial charge on any atom is -0.257 e. The first-order chi connectivity index (χ1) is 7.90. The minimum atomic E-state index is 0.969. The molecule has 78 valence electrons. The first-order valence-electron chi connectivity index (χ1n) is 5.19. The van der Waals surface area contributed by atoms with E-state index in [0.717, 1.165) is 18.5 Å². The Morgan fingerprint density at radius 1 is 1.38 bits per heavy atom. The second-order valence-corrected chi connectivity index (χ2v) is 3.53. The Labute approximate surface area is 95.4 Å². The molecular weight excluding hydrogens is 196 g/mol. The summed E-state index contributed by atoms with van der Waals surface area (Å²) < 4.78 is 0. The molecule has 0 fully saturated rings. The number of terminal acetylenes is 1.